The molecule has 5 heteroatoms. The zero-order valence-corrected chi connectivity index (χ0v) is 13.3. The number of anilines is 1. The van der Waals surface area contributed by atoms with Crippen LogP contribution in [0.25, 0.3) is 11.3 Å². The standard InChI is InChI=1S/C19H12ClN3O/c20-17-7-6-13(12-21)10-16(17)19(24)23-15-8-9-22-18(11-15)14-4-2-1-3-5-14/h1-11H,(H,22,23,24). The van der Waals surface area contributed by atoms with Gasteiger partial charge < -0.3 is 5.32 Å². The summed E-state index contributed by atoms with van der Waals surface area (Å²) >= 11 is 6.06. The molecule has 0 aliphatic heterocycles. The van der Waals surface area contributed by atoms with Crippen molar-refractivity contribution in [2.75, 3.05) is 5.32 Å². The van der Waals surface area contributed by atoms with Crippen LogP contribution in [0, 0.1) is 11.3 Å². The van der Waals surface area contributed by atoms with Crippen LogP contribution in [-0.4, -0.2) is 10.9 Å². The second-order valence-electron chi connectivity index (χ2n) is 5.06. The number of amides is 1. The number of pyridine rings is 1. The number of halogens is 1. The topological polar surface area (TPSA) is 65.8 Å². The highest BCUT2D eigenvalue weighted by Gasteiger charge is 2.12. The maximum absolute atomic E-state index is 12.4. The maximum Gasteiger partial charge on any atom is 0.257 e. The molecule has 0 aliphatic carbocycles. The molecule has 0 bridgehead atoms. The molecule has 0 saturated heterocycles. The number of nitrogens with one attached hydrogen (secondary N) is 1. The fraction of sp³-hybridized carbons (Fsp3) is 0. The van der Waals surface area contributed by atoms with Gasteiger partial charge in [0.1, 0.15) is 0 Å². The van der Waals surface area contributed by atoms with Crippen molar-refractivity contribution < 1.29 is 4.79 Å². The molecule has 0 aliphatic rings. The molecule has 0 fully saturated rings. The Hall–Kier alpha value is -3.16. The van der Waals surface area contributed by atoms with Crippen LogP contribution < -0.4 is 5.32 Å². The molecule has 1 heterocycles. The van der Waals surface area contributed by atoms with E-state index < -0.39 is 0 Å². The Labute approximate surface area is 144 Å². The van der Waals surface area contributed by atoms with Gasteiger partial charge in [0.15, 0.2) is 0 Å². The van der Waals surface area contributed by atoms with E-state index in [-0.39, 0.29) is 11.5 Å². The van der Waals surface area contributed by atoms with Gasteiger partial charge in [0.25, 0.3) is 5.91 Å². The van der Waals surface area contributed by atoms with E-state index in [0.717, 1.165) is 11.3 Å². The van der Waals surface area contributed by atoms with E-state index in [4.69, 9.17) is 16.9 Å². The second-order valence-corrected chi connectivity index (χ2v) is 5.46. The van der Waals surface area contributed by atoms with Gasteiger partial charge in [0, 0.05) is 17.4 Å². The summed E-state index contributed by atoms with van der Waals surface area (Å²) in [6.45, 7) is 0. The van der Waals surface area contributed by atoms with E-state index in [9.17, 15) is 4.79 Å². The first kappa shape index (κ1) is 15.7. The van der Waals surface area contributed by atoms with Gasteiger partial charge in [-0.05, 0) is 30.3 Å². The van der Waals surface area contributed by atoms with E-state index in [0.29, 0.717) is 16.3 Å². The summed E-state index contributed by atoms with van der Waals surface area (Å²) in [7, 11) is 0. The zero-order valence-electron chi connectivity index (χ0n) is 12.5. The molecule has 0 spiro atoms. The Bertz CT molecular complexity index is 933. The van der Waals surface area contributed by atoms with E-state index in [2.05, 4.69) is 10.3 Å². The number of benzene rings is 2. The van der Waals surface area contributed by atoms with Crippen molar-refractivity contribution in [3.05, 3.63) is 83.0 Å². The van der Waals surface area contributed by atoms with Crippen LogP contribution in [0.1, 0.15) is 15.9 Å². The van der Waals surface area contributed by atoms with Crippen LogP contribution in [0.3, 0.4) is 0 Å². The average Bonchev–Trinajstić information content (AvgIpc) is 2.63. The second kappa shape index (κ2) is 6.95. The minimum absolute atomic E-state index is 0.258. The van der Waals surface area contributed by atoms with E-state index in [1.165, 1.54) is 12.1 Å². The van der Waals surface area contributed by atoms with Crippen LogP contribution in [0.4, 0.5) is 5.69 Å². The molecule has 24 heavy (non-hydrogen) atoms. The number of carbonyl (C=O) groups excluding carboxylic acids is 1. The molecule has 0 saturated carbocycles. The first-order chi connectivity index (χ1) is 11.7. The van der Waals surface area contributed by atoms with Gasteiger partial charge in [-0.2, -0.15) is 5.26 Å². The molecule has 0 unspecified atom stereocenters. The van der Waals surface area contributed by atoms with Gasteiger partial charge in [0.2, 0.25) is 0 Å². The van der Waals surface area contributed by atoms with Crippen LogP contribution in [0.15, 0.2) is 66.9 Å². The lowest BCUT2D eigenvalue weighted by atomic mass is 10.1. The number of rotatable bonds is 3. The summed E-state index contributed by atoms with van der Waals surface area (Å²) < 4.78 is 0. The highest BCUT2D eigenvalue weighted by Crippen LogP contribution is 2.22. The average molecular weight is 334 g/mol. The largest absolute Gasteiger partial charge is 0.322 e. The van der Waals surface area contributed by atoms with E-state index in [1.807, 2.05) is 36.4 Å². The van der Waals surface area contributed by atoms with Crippen molar-refractivity contribution in [3.63, 3.8) is 0 Å². The smallest absolute Gasteiger partial charge is 0.257 e. The number of hydrogen-bond acceptors (Lipinski definition) is 3. The summed E-state index contributed by atoms with van der Waals surface area (Å²) in [5.74, 6) is -0.373. The lowest BCUT2D eigenvalue weighted by Crippen LogP contribution is -2.13. The molecule has 4 nitrogen and oxygen atoms in total. The van der Waals surface area contributed by atoms with Crippen LogP contribution >= 0.6 is 11.6 Å². The summed E-state index contributed by atoms with van der Waals surface area (Å²) in [5, 5.41) is 12.0. The molecular weight excluding hydrogens is 322 g/mol. The van der Waals surface area contributed by atoms with Gasteiger partial charge in [-0.25, -0.2) is 0 Å². The first-order valence-electron chi connectivity index (χ1n) is 7.20. The number of aromatic nitrogens is 1. The van der Waals surface area contributed by atoms with Crippen LogP contribution in [0.2, 0.25) is 5.02 Å². The molecule has 2 aromatic carbocycles. The lowest BCUT2D eigenvalue weighted by molar-refractivity contribution is 0.102. The Kier molecular flexibility index (Phi) is 4.55. The molecule has 1 aromatic heterocycles. The number of nitriles is 1. The van der Waals surface area contributed by atoms with Crippen molar-refractivity contribution in [1.29, 1.82) is 5.26 Å². The Morgan fingerprint density at radius 1 is 1.08 bits per heavy atom. The molecule has 0 atom stereocenters. The zero-order chi connectivity index (χ0) is 16.9. The third kappa shape index (κ3) is 3.43. The fourth-order valence-corrected chi connectivity index (χ4v) is 2.45. The third-order valence-corrected chi connectivity index (χ3v) is 3.76. The number of nitrogens with zero attached hydrogens (tertiary/aromatic N) is 2. The van der Waals surface area contributed by atoms with Crippen molar-refractivity contribution in [2.24, 2.45) is 0 Å². The molecular formula is C19H12ClN3O. The normalized spacial score (nSPS) is 10.0. The maximum atomic E-state index is 12.4. The lowest BCUT2D eigenvalue weighted by Gasteiger charge is -2.08. The van der Waals surface area contributed by atoms with Crippen LogP contribution in [-0.2, 0) is 0 Å². The van der Waals surface area contributed by atoms with Gasteiger partial charge in [0.05, 0.1) is 27.9 Å². The predicted molar refractivity (Wildman–Crippen MR) is 93.8 cm³/mol. The summed E-state index contributed by atoms with van der Waals surface area (Å²) in [6, 6.07) is 19.7. The van der Waals surface area contributed by atoms with Gasteiger partial charge in [-0.1, -0.05) is 41.9 Å². The first-order valence-corrected chi connectivity index (χ1v) is 7.57. The highest BCUT2D eigenvalue weighted by molar-refractivity contribution is 6.34. The molecule has 3 aromatic rings. The van der Waals surface area contributed by atoms with Crippen molar-refractivity contribution in [1.82, 2.24) is 4.98 Å². The molecule has 1 N–H and O–H groups in total. The molecule has 116 valence electrons. The minimum atomic E-state index is -0.373. The van der Waals surface area contributed by atoms with Crippen molar-refractivity contribution in [3.8, 4) is 17.3 Å². The SMILES string of the molecule is N#Cc1ccc(Cl)c(C(=O)Nc2ccnc(-c3ccccc3)c2)c1. The molecule has 1 amide bonds. The van der Waals surface area contributed by atoms with Gasteiger partial charge >= 0.3 is 0 Å². The monoisotopic (exact) mass is 333 g/mol. The third-order valence-electron chi connectivity index (χ3n) is 3.43. The predicted octanol–water partition coefficient (Wildman–Crippen LogP) is 4.53. The minimum Gasteiger partial charge on any atom is -0.322 e. The summed E-state index contributed by atoms with van der Waals surface area (Å²) in [6.07, 6.45) is 1.63. The van der Waals surface area contributed by atoms with Gasteiger partial charge in [-0.15, -0.1) is 0 Å². The fourth-order valence-electron chi connectivity index (χ4n) is 2.24. The van der Waals surface area contributed by atoms with Gasteiger partial charge in [-0.3, -0.25) is 9.78 Å². The summed E-state index contributed by atoms with van der Waals surface area (Å²) in [5.41, 5.74) is 2.95. The Morgan fingerprint density at radius 2 is 1.88 bits per heavy atom. The summed E-state index contributed by atoms with van der Waals surface area (Å²) in [4.78, 5) is 16.7. The number of carbonyl (C=O) groups is 1. The van der Waals surface area contributed by atoms with Crippen molar-refractivity contribution >= 4 is 23.2 Å². The van der Waals surface area contributed by atoms with Crippen LogP contribution in [0.5, 0.6) is 0 Å². The Morgan fingerprint density at radius 3 is 2.62 bits per heavy atom. The van der Waals surface area contributed by atoms with Crippen molar-refractivity contribution in [2.45, 2.75) is 0 Å². The van der Waals surface area contributed by atoms with E-state index in [1.54, 1.807) is 24.4 Å². The molecule has 3 rings (SSSR count). The Balaban J connectivity index is 1.87. The van der Waals surface area contributed by atoms with E-state index >= 15 is 0 Å². The number of hydrogen-bond donors (Lipinski definition) is 1. The highest BCUT2D eigenvalue weighted by atomic mass is 35.5. The quantitative estimate of drug-likeness (QED) is 0.766. The molecule has 0 radical (unpaired) electrons.